The van der Waals surface area contributed by atoms with E-state index in [9.17, 15) is 0 Å². The van der Waals surface area contributed by atoms with Gasteiger partial charge in [0.05, 0.1) is 25.2 Å². The van der Waals surface area contributed by atoms with Gasteiger partial charge in [0.2, 0.25) is 0 Å². The maximum atomic E-state index is 6.73. The van der Waals surface area contributed by atoms with E-state index >= 15 is 0 Å². The van der Waals surface area contributed by atoms with Crippen LogP contribution >= 0.6 is 15.9 Å². The minimum absolute atomic E-state index is 0.00171. The Bertz CT molecular complexity index is 1060. The van der Waals surface area contributed by atoms with Gasteiger partial charge in [-0.15, -0.1) is 0 Å². The largest absolute Gasteiger partial charge is 0.495 e. The second-order valence-corrected chi connectivity index (χ2v) is 8.61. The molecule has 1 aliphatic heterocycles. The molecule has 4 heterocycles. The van der Waals surface area contributed by atoms with Crippen LogP contribution in [0.3, 0.4) is 0 Å². The Morgan fingerprint density at radius 3 is 2.86 bits per heavy atom. The summed E-state index contributed by atoms with van der Waals surface area (Å²) < 4.78 is 8.16. The molecule has 1 aliphatic carbocycles. The predicted molar refractivity (Wildman–Crippen MR) is 111 cm³/mol. The van der Waals surface area contributed by atoms with Crippen LogP contribution in [-0.4, -0.2) is 39.8 Å². The van der Waals surface area contributed by atoms with E-state index in [0.29, 0.717) is 0 Å². The first-order valence-corrected chi connectivity index (χ1v) is 10.3. The fraction of sp³-hybridized carbons (Fsp3) is 0.450. The Kier molecular flexibility index (Phi) is 4.10. The number of rotatable bonds is 2. The molecule has 5 rings (SSSR count). The van der Waals surface area contributed by atoms with E-state index in [0.717, 1.165) is 71.0 Å². The molecule has 1 unspecified atom stereocenters. The van der Waals surface area contributed by atoms with Crippen molar-refractivity contribution in [2.45, 2.75) is 32.2 Å². The topological polar surface area (TPSA) is 81.6 Å². The molecular formula is C20H23BrN6O. The third kappa shape index (κ3) is 2.54. The number of nitrogens with two attached hydrogens (primary N) is 1. The van der Waals surface area contributed by atoms with Gasteiger partial charge in [0.15, 0.2) is 5.82 Å². The van der Waals surface area contributed by atoms with Gasteiger partial charge < -0.3 is 15.4 Å². The van der Waals surface area contributed by atoms with Gasteiger partial charge >= 0.3 is 0 Å². The minimum atomic E-state index is 0.00171. The van der Waals surface area contributed by atoms with Crippen LogP contribution in [-0.2, 0) is 6.42 Å². The molecule has 1 saturated heterocycles. The summed E-state index contributed by atoms with van der Waals surface area (Å²) in [5, 5.41) is 4.42. The molecule has 3 aromatic heterocycles. The van der Waals surface area contributed by atoms with Gasteiger partial charge in [0, 0.05) is 24.8 Å². The highest BCUT2D eigenvalue weighted by Gasteiger charge is 2.47. The van der Waals surface area contributed by atoms with Gasteiger partial charge in [-0.05, 0) is 65.2 Å². The minimum Gasteiger partial charge on any atom is -0.495 e. The highest BCUT2D eigenvalue weighted by atomic mass is 79.9. The van der Waals surface area contributed by atoms with Crippen molar-refractivity contribution in [2.24, 2.45) is 11.1 Å². The number of anilines is 1. The lowest BCUT2D eigenvalue weighted by Gasteiger charge is -2.42. The third-order valence-electron chi connectivity index (χ3n) is 6.42. The molecular weight excluding hydrogens is 420 g/mol. The van der Waals surface area contributed by atoms with E-state index in [4.69, 9.17) is 15.5 Å². The van der Waals surface area contributed by atoms with Crippen molar-refractivity contribution >= 4 is 27.3 Å². The molecule has 0 bridgehead atoms. The first-order valence-electron chi connectivity index (χ1n) is 9.55. The Morgan fingerprint density at radius 2 is 2.11 bits per heavy atom. The third-order valence-corrected chi connectivity index (χ3v) is 7.33. The van der Waals surface area contributed by atoms with Gasteiger partial charge in [-0.3, -0.25) is 4.98 Å². The van der Waals surface area contributed by atoms with Crippen LogP contribution in [0.5, 0.6) is 5.75 Å². The number of methoxy groups -OCH3 is 1. The monoisotopic (exact) mass is 442 g/mol. The molecule has 0 radical (unpaired) electrons. The molecule has 0 amide bonds. The Morgan fingerprint density at radius 1 is 1.32 bits per heavy atom. The number of hydrogen-bond donors (Lipinski definition) is 1. The first kappa shape index (κ1) is 17.9. The van der Waals surface area contributed by atoms with Crippen molar-refractivity contribution < 1.29 is 4.74 Å². The molecule has 0 aromatic carbocycles. The lowest BCUT2D eigenvalue weighted by atomic mass is 9.73. The summed E-state index contributed by atoms with van der Waals surface area (Å²) in [6, 6.07) is 4.08. The molecule has 146 valence electrons. The number of pyridine rings is 1. The number of aryl methyl sites for hydroxylation is 1. The summed E-state index contributed by atoms with van der Waals surface area (Å²) in [5.74, 6) is 1.78. The average Bonchev–Trinajstić information content (AvgIpc) is 3.30. The molecule has 1 atom stereocenters. The summed E-state index contributed by atoms with van der Waals surface area (Å²) >= 11 is 3.59. The molecule has 2 aliphatic rings. The summed E-state index contributed by atoms with van der Waals surface area (Å²) in [7, 11) is 1.67. The van der Waals surface area contributed by atoms with Gasteiger partial charge in [-0.1, -0.05) is 0 Å². The van der Waals surface area contributed by atoms with Crippen molar-refractivity contribution in [1.29, 1.82) is 0 Å². The maximum Gasteiger partial charge on any atom is 0.155 e. The van der Waals surface area contributed by atoms with Crippen LogP contribution in [0.2, 0.25) is 0 Å². The zero-order valence-electron chi connectivity index (χ0n) is 16.0. The highest BCUT2D eigenvalue weighted by molar-refractivity contribution is 9.10. The van der Waals surface area contributed by atoms with Crippen LogP contribution in [0.1, 0.15) is 35.8 Å². The quantitative estimate of drug-likeness (QED) is 0.656. The predicted octanol–water partition coefficient (Wildman–Crippen LogP) is 3.05. The van der Waals surface area contributed by atoms with Gasteiger partial charge in [-0.25, -0.2) is 9.50 Å². The zero-order chi connectivity index (χ0) is 19.5. The number of ether oxygens (including phenoxy) is 1. The van der Waals surface area contributed by atoms with Gasteiger partial charge in [0.1, 0.15) is 15.9 Å². The molecule has 2 N–H and O–H groups in total. The number of halogens is 1. The lowest BCUT2D eigenvalue weighted by Crippen LogP contribution is -2.44. The molecule has 1 spiro atoms. The Labute approximate surface area is 172 Å². The fourth-order valence-electron chi connectivity index (χ4n) is 4.72. The van der Waals surface area contributed by atoms with E-state index in [-0.39, 0.29) is 11.5 Å². The molecule has 8 heteroatoms. The van der Waals surface area contributed by atoms with Gasteiger partial charge in [0.25, 0.3) is 0 Å². The summed E-state index contributed by atoms with van der Waals surface area (Å²) in [4.78, 5) is 11.8. The lowest BCUT2D eigenvalue weighted by molar-refractivity contribution is 0.186. The summed E-state index contributed by atoms with van der Waals surface area (Å²) in [6.45, 7) is 3.85. The van der Waals surface area contributed by atoms with Crippen molar-refractivity contribution in [1.82, 2.24) is 19.6 Å². The number of nitrogens with zero attached hydrogens (tertiary/aromatic N) is 5. The Hall–Kier alpha value is -2.19. The maximum absolute atomic E-state index is 6.73. The van der Waals surface area contributed by atoms with Crippen molar-refractivity contribution in [3.63, 3.8) is 0 Å². The molecule has 0 saturated carbocycles. The van der Waals surface area contributed by atoms with Crippen LogP contribution in [0, 0.1) is 12.3 Å². The summed E-state index contributed by atoms with van der Waals surface area (Å²) in [5.41, 5.74) is 11.0. The standard InChI is InChI=1S/C20H23BrN6O/c1-12-18(21)27-16(3-6-24-27)19(25-12)26-7-4-20(5-8-26)10-15-14(17(20)22)9-13(28-2)11-23-15/h3,6,9,11,17H,4-5,7-8,10,22H2,1-2H3. The van der Waals surface area contributed by atoms with E-state index in [1.54, 1.807) is 13.3 Å². The van der Waals surface area contributed by atoms with Crippen LogP contribution < -0.4 is 15.4 Å². The van der Waals surface area contributed by atoms with Gasteiger partial charge in [-0.2, -0.15) is 5.10 Å². The van der Waals surface area contributed by atoms with E-state index < -0.39 is 0 Å². The highest BCUT2D eigenvalue weighted by Crippen LogP contribution is 2.51. The number of aromatic nitrogens is 4. The molecule has 28 heavy (non-hydrogen) atoms. The molecule has 7 nitrogen and oxygen atoms in total. The number of hydrogen-bond acceptors (Lipinski definition) is 6. The van der Waals surface area contributed by atoms with E-state index in [2.05, 4.69) is 37.0 Å². The van der Waals surface area contributed by atoms with E-state index in [1.165, 1.54) is 0 Å². The van der Waals surface area contributed by atoms with Crippen molar-refractivity contribution in [2.75, 3.05) is 25.1 Å². The molecule has 3 aromatic rings. The first-order chi connectivity index (χ1) is 13.5. The second-order valence-electron chi connectivity index (χ2n) is 7.85. The average molecular weight is 443 g/mol. The zero-order valence-corrected chi connectivity index (χ0v) is 17.6. The molecule has 1 fully saturated rings. The smallest absolute Gasteiger partial charge is 0.155 e. The number of piperidine rings is 1. The summed E-state index contributed by atoms with van der Waals surface area (Å²) in [6.07, 6.45) is 6.59. The fourth-order valence-corrected chi connectivity index (χ4v) is 5.09. The van der Waals surface area contributed by atoms with Crippen LogP contribution in [0.15, 0.2) is 29.1 Å². The van der Waals surface area contributed by atoms with Crippen molar-refractivity contribution in [3.8, 4) is 5.75 Å². The Balaban J connectivity index is 1.42. The van der Waals surface area contributed by atoms with Crippen LogP contribution in [0.4, 0.5) is 5.82 Å². The number of fused-ring (bicyclic) bond motifs is 2. The van der Waals surface area contributed by atoms with E-state index in [1.807, 2.05) is 23.7 Å². The SMILES string of the molecule is COc1cnc2c(c1)C(N)C1(CCN(c3nc(C)c(Br)n4nccc34)CC1)C2. The second kappa shape index (κ2) is 6.42. The van der Waals surface area contributed by atoms with Crippen LogP contribution in [0.25, 0.3) is 5.52 Å². The van der Waals surface area contributed by atoms with Crippen molar-refractivity contribution in [3.05, 3.63) is 46.1 Å². The normalized spacial score (nSPS) is 20.7.